The SMILES string of the molecule is Cc1ccc(NC(=O)CN(C)C(=O)C2CC(=O)N(c3cc(Cl)ccc3C)C2)nc1. The normalized spacial score (nSPS) is 16.1. The Hall–Kier alpha value is -2.93. The molecule has 152 valence electrons. The Bertz CT molecular complexity index is 945. The third-order valence-corrected chi connectivity index (χ3v) is 5.11. The van der Waals surface area contributed by atoms with E-state index in [4.69, 9.17) is 11.6 Å². The van der Waals surface area contributed by atoms with Gasteiger partial charge >= 0.3 is 0 Å². The van der Waals surface area contributed by atoms with Gasteiger partial charge in [-0.3, -0.25) is 14.4 Å². The van der Waals surface area contributed by atoms with E-state index < -0.39 is 5.92 Å². The largest absolute Gasteiger partial charge is 0.336 e. The molecule has 2 aromatic rings. The molecule has 0 aliphatic carbocycles. The summed E-state index contributed by atoms with van der Waals surface area (Å²) in [6, 6.07) is 8.88. The molecule has 1 aliphatic heterocycles. The Morgan fingerprint density at radius 2 is 2.03 bits per heavy atom. The van der Waals surface area contributed by atoms with Crippen LogP contribution in [0.1, 0.15) is 17.5 Å². The molecule has 0 saturated carbocycles. The average molecular weight is 415 g/mol. The van der Waals surface area contributed by atoms with Crippen molar-refractivity contribution in [1.29, 1.82) is 0 Å². The average Bonchev–Trinajstić information content (AvgIpc) is 3.06. The molecular formula is C21H23ClN4O3. The number of nitrogens with zero attached hydrogens (tertiary/aromatic N) is 3. The maximum absolute atomic E-state index is 12.8. The summed E-state index contributed by atoms with van der Waals surface area (Å²) in [5.74, 6) is -0.789. The molecule has 1 aromatic heterocycles. The second-order valence-electron chi connectivity index (χ2n) is 7.30. The monoisotopic (exact) mass is 414 g/mol. The minimum absolute atomic E-state index is 0.107. The van der Waals surface area contributed by atoms with Crippen molar-refractivity contribution in [3.63, 3.8) is 0 Å². The van der Waals surface area contributed by atoms with Crippen LogP contribution in [0.25, 0.3) is 0 Å². The van der Waals surface area contributed by atoms with Crippen LogP contribution in [0.5, 0.6) is 0 Å². The predicted octanol–water partition coefficient (Wildman–Crippen LogP) is 2.80. The van der Waals surface area contributed by atoms with Crippen molar-refractivity contribution in [1.82, 2.24) is 9.88 Å². The van der Waals surface area contributed by atoms with Crippen LogP contribution in [0.4, 0.5) is 11.5 Å². The van der Waals surface area contributed by atoms with E-state index in [1.165, 1.54) is 4.90 Å². The molecule has 1 unspecified atom stereocenters. The highest BCUT2D eigenvalue weighted by atomic mass is 35.5. The zero-order valence-electron chi connectivity index (χ0n) is 16.6. The van der Waals surface area contributed by atoms with E-state index in [-0.39, 0.29) is 37.2 Å². The minimum atomic E-state index is -0.504. The van der Waals surface area contributed by atoms with E-state index in [1.54, 1.807) is 36.3 Å². The van der Waals surface area contributed by atoms with E-state index in [1.807, 2.05) is 26.0 Å². The summed E-state index contributed by atoms with van der Waals surface area (Å²) < 4.78 is 0. The molecule has 1 aromatic carbocycles. The highest BCUT2D eigenvalue weighted by Gasteiger charge is 2.37. The van der Waals surface area contributed by atoms with Crippen LogP contribution >= 0.6 is 11.6 Å². The Labute approximate surface area is 174 Å². The number of amides is 3. The topological polar surface area (TPSA) is 82.6 Å². The Balaban J connectivity index is 1.61. The molecule has 2 heterocycles. The van der Waals surface area contributed by atoms with Gasteiger partial charge in [-0.05, 0) is 43.2 Å². The summed E-state index contributed by atoms with van der Waals surface area (Å²) in [5, 5.41) is 3.20. The van der Waals surface area contributed by atoms with E-state index in [0.717, 1.165) is 11.1 Å². The number of aryl methyl sites for hydroxylation is 2. The van der Waals surface area contributed by atoms with Crippen LogP contribution in [0.2, 0.25) is 5.02 Å². The van der Waals surface area contributed by atoms with Crippen molar-refractivity contribution >= 4 is 40.8 Å². The van der Waals surface area contributed by atoms with Gasteiger partial charge in [0.2, 0.25) is 17.7 Å². The van der Waals surface area contributed by atoms with Crippen molar-refractivity contribution in [2.75, 3.05) is 30.4 Å². The maximum Gasteiger partial charge on any atom is 0.245 e. The molecule has 1 atom stereocenters. The molecule has 1 N–H and O–H groups in total. The van der Waals surface area contributed by atoms with E-state index in [2.05, 4.69) is 10.3 Å². The Kier molecular flexibility index (Phi) is 6.17. The van der Waals surface area contributed by atoms with E-state index >= 15 is 0 Å². The van der Waals surface area contributed by atoms with Crippen LogP contribution in [0, 0.1) is 19.8 Å². The second-order valence-corrected chi connectivity index (χ2v) is 7.74. The molecule has 1 aliphatic rings. The molecule has 1 fully saturated rings. The Morgan fingerprint density at radius 3 is 2.72 bits per heavy atom. The second kappa shape index (κ2) is 8.61. The van der Waals surface area contributed by atoms with Crippen LogP contribution < -0.4 is 10.2 Å². The number of hydrogen-bond acceptors (Lipinski definition) is 4. The number of aromatic nitrogens is 1. The van der Waals surface area contributed by atoms with Crippen LogP contribution in [0.3, 0.4) is 0 Å². The fourth-order valence-corrected chi connectivity index (χ4v) is 3.47. The fourth-order valence-electron chi connectivity index (χ4n) is 3.31. The summed E-state index contributed by atoms with van der Waals surface area (Å²) in [7, 11) is 1.56. The fraction of sp³-hybridized carbons (Fsp3) is 0.333. The van der Waals surface area contributed by atoms with Gasteiger partial charge in [0.05, 0.1) is 12.5 Å². The molecular weight excluding hydrogens is 392 g/mol. The number of rotatable bonds is 5. The van der Waals surface area contributed by atoms with Gasteiger partial charge in [0.1, 0.15) is 5.82 Å². The number of carbonyl (C=O) groups excluding carboxylic acids is 3. The molecule has 1 saturated heterocycles. The van der Waals surface area contributed by atoms with E-state index in [0.29, 0.717) is 16.5 Å². The zero-order chi connectivity index (χ0) is 21.1. The molecule has 0 spiro atoms. The Morgan fingerprint density at radius 1 is 1.28 bits per heavy atom. The summed E-state index contributed by atoms with van der Waals surface area (Å²) in [4.78, 5) is 44.5. The van der Waals surface area contributed by atoms with Gasteiger partial charge in [0, 0.05) is 36.9 Å². The number of carbonyl (C=O) groups is 3. The van der Waals surface area contributed by atoms with Gasteiger partial charge in [0.25, 0.3) is 0 Å². The van der Waals surface area contributed by atoms with E-state index in [9.17, 15) is 14.4 Å². The molecule has 29 heavy (non-hydrogen) atoms. The molecule has 3 amide bonds. The molecule has 7 nitrogen and oxygen atoms in total. The first-order valence-electron chi connectivity index (χ1n) is 9.28. The molecule has 0 radical (unpaired) electrons. The number of pyridine rings is 1. The minimum Gasteiger partial charge on any atom is -0.336 e. The van der Waals surface area contributed by atoms with Gasteiger partial charge < -0.3 is 15.1 Å². The lowest BCUT2D eigenvalue weighted by Crippen LogP contribution is -2.39. The van der Waals surface area contributed by atoms with Gasteiger partial charge in [0.15, 0.2) is 0 Å². The highest BCUT2D eigenvalue weighted by Crippen LogP contribution is 2.30. The van der Waals surface area contributed by atoms with Crippen LogP contribution in [0.15, 0.2) is 36.5 Å². The van der Waals surface area contributed by atoms with Crippen LogP contribution in [-0.2, 0) is 14.4 Å². The summed E-state index contributed by atoms with van der Waals surface area (Å²) in [6.07, 6.45) is 1.76. The number of benzene rings is 1. The van der Waals surface area contributed by atoms with Crippen molar-refractivity contribution in [2.45, 2.75) is 20.3 Å². The predicted molar refractivity (Wildman–Crippen MR) is 112 cm³/mol. The van der Waals surface area contributed by atoms with Crippen molar-refractivity contribution in [2.24, 2.45) is 5.92 Å². The molecule has 0 bridgehead atoms. The van der Waals surface area contributed by atoms with Crippen molar-refractivity contribution < 1.29 is 14.4 Å². The lowest BCUT2D eigenvalue weighted by Gasteiger charge is -2.22. The zero-order valence-corrected chi connectivity index (χ0v) is 17.4. The number of nitrogens with one attached hydrogen (secondary N) is 1. The third kappa shape index (κ3) is 4.92. The summed E-state index contributed by atoms with van der Waals surface area (Å²) in [6.45, 7) is 3.95. The lowest BCUT2D eigenvalue weighted by molar-refractivity contribution is -0.137. The lowest BCUT2D eigenvalue weighted by atomic mass is 10.1. The number of likely N-dealkylation sites (N-methyl/N-ethyl adjacent to an activating group) is 1. The first-order valence-corrected chi connectivity index (χ1v) is 9.66. The molecule has 3 rings (SSSR count). The van der Waals surface area contributed by atoms with Crippen molar-refractivity contribution in [3.05, 3.63) is 52.7 Å². The standard InChI is InChI=1S/C21H23ClN4O3/c1-13-4-7-18(23-10-13)24-19(27)12-25(3)21(29)15-8-20(28)26(11-15)17-9-16(22)6-5-14(17)2/h4-7,9-10,15H,8,11-12H2,1-3H3,(H,23,24,27). The van der Waals surface area contributed by atoms with Gasteiger partial charge in [-0.1, -0.05) is 23.7 Å². The first-order chi connectivity index (χ1) is 13.7. The number of hydrogen-bond donors (Lipinski definition) is 1. The highest BCUT2D eigenvalue weighted by molar-refractivity contribution is 6.31. The first kappa shape index (κ1) is 20.8. The summed E-state index contributed by atoms with van der Waals surface area (Å²) >= 11 is 6.06. The maximum atomic E-state index is 12.8. The number of anilines is 2. The van der Waals surface area contributed by atoms with Gasteiger partial charge in [-0.25, -0.2) is 4.98 Å². The van der Waals surface area contributed by atoms with Gasteiger partial charge in [-0.2, -0.15) is 0 Å². The smallest absolute Gasteiger partial charge is 0.245 e. The quantitative estimate of drug-likeness (QED) is 0.815. The van der Waals surface area contributed by atoms with Gasteiger partial charge in [-0.15, -0.1) is 0 Å². The number of halogens is 1. The summed E-state index contributed by atoms with van der Waals surface area (Å²) in [5.41, 5.74) is 2.61. The third-order valence-electron chi connectivity index (χ3n) is 4.87. The van der Waals surface area contributed by atoms with Crippen LogP contribution in [-0.4, -0.2) is 47.7 Å². The van der Waals surface area contributed by atoms with Crippen molar-refractivity contribution in [3.8, 4) is 0 Å². The molecule has 8 heteroatoms.